The summed E-state index contributed by atoms with van der Waals surface area (Å²) in [5, 5.41) is 4.22. The molecule has 0 aliphatic rings. The second kappa shape index (κ2) is 8.54. The van der Waals surface area contributed by atoms with Crippen molar-refractivity contribution in [2.24, 2.45) is 0 Å². The van der Waals surface area contributed by atoms with Crippen LogP contribution in [0.4, 0.5) is 0 Å². The third-order valence-electron chi connectivity index (χ3n) is 5.30. The van der Waals surface area contributed by atoms with Crippen molar-refractivity contribution < 1.29 is 0 Å². The van der Waals surface area contributed by atoms with Gasteiger partial charge in [0.15, 0.2) is 0 Å². The fourth-order valence-electron chi connectivity index (χ4n) is 3.25. The van der Waals surface area contributed by atoms with Crippen molar-refractivity contribution in [3.63, 3.8) is 0 Å². The number of hydrogen-bond acceptors (Lipinski definition) is 0. The number of allylic oxidation sites excluding steroid dienone is 1. The molecule has 2 aromatic rings. The fourth-order valence-corrected chi connectivity index (χ4v) is 9.18. The van der Waals surface area contributed by atoms with E-state index in [9.17, 15) is 0 Å². The van der Waals surface area contributed by atoms with Gasteiger partial charge in [0.05, 0.1) is 0 Å². The first-order valence-corrected chi connectivity index (χ1v) is 14.6. The minimum absolute atomic E-state index is 1.05. The van der Waals surface area contributed by atoms with E-state index < -0.39 is 13.3 Å². The van der Waals surface area contributed by atoms with Crippen LogP contribution in [-0.4, -0.2) is 13.3 Å². The maximum absolute atomic E-state index is 2.64. The van der Waals surface area contributed by atoms with E-state index >= 15 is 0 Å². The Morgan fingerprint density at radius 2 is 1.43 bits per heavy atom. The molecule has 0 aromatic heterocycles. The average molecular weight is 367 g/mol. The molecule has 2 aromatic carbocycles. The van der Waals surface area contributed by atoms with Crippen LogP contribution in [0.1, 0.15) is 31.9 Å². The molecule has 0 saturated heterocycles. The quantitative estimate of drug-likeness (QED) is 0.472. The van der Waals surface area contributed by atoms with Crippen molar-refractivity contribution >= 4 is 13.3 Å². The molecule has 0 unspecified atom stereocenters. The third kappa shape index (κ3) is 4.60. The van der Waals surface area contributed by atoms with Gasteiger partial charge in [0, 0.05) is 0 Å². The summed E-state index contributed by atoms with van der Waals surface area (Å²) in [4.78, 5) is 2.64. The van der Waals surface area contributed by atoms with Gasteiger partial charge in [-0.2, -0.15) is 0 Å². The molecule has 1 heteroatoms. The van der Waals surface area contributed by atoms with Crippen LogP contribution in [-0.2, 0) is 6.42 Å². The average Bonchev–Trinajstić information content (AvgIpc) is 2.60. The predicted octanol–water partition coefficient (Wildman–Crippen LogP) is 6.81. The Bertz CT molecular complexity index is 625. The summed E-state index contributed by atoms with van der Waals surface area (Å²) in [6.07, 6.45) is 3.51. The van der Waals surface area contributed by atoms with Crippen LogP contribution in [0, 0.1) is 6.92 Å². The van der Waals surface area contributed by atoms with Crippen LogP contribution in [0.25, 0.3) is 11.1 Å². The van der Waals surface area contributed by atoms with E-state index in [-0.39, 0.29) is 0 Å². The number of hydrogen-bond donors (Lipinski definition) is 0. The van der Waals surface area contributed by atoms with Gasteiger partial charge in [-0.15, -0.1) is 0 Å². The van der Waals surface area contributed by atoms with Gasteiger partial charge in [-0.3, -0.25) is 0 Å². The zero-order valence-corrected chi connectivity index (χ0v) is 17.2. The first-order valence-electron chi connectivity index (χ1n) is 8.96. The van der Waals surface area contributed by atoms with Gasteiger partial charge in [-0.1, -0.05) is 0 Å². The molecule has 0 aliphatic carbocycles. The molecule has 0 fully saturated rings. The van der Waals surface area contributed by atoms with E-state index in [2.05, 4.69) is 87.2 Å². The van der Waals surface area contributed by atoms with Gasteiger partial charge in [-0.25, -0.2) is 0 Å². The SMILES string of the molecule is C[CH2][Ge](/[CH]=C/Cc1ccccc1-c1ccc(C)cc1)([CH2]C)[CH2]C. The molecule has 0 amide bonds. The van der Waals surface area contributed by atoms with E-state index in [1.807, 2.05) is 0 Å². The number of benzene rings is 2. The van der Waals surface area contributed by atoms with Crippen LogP contribution in [0.15, 0.2) is 59.5 Å². The summed E-state index contributed by atoms with van der Waals surface area (Å²) in [5.74, 6) is 0. The molecule has 0 nitrogen and oxygen atoms in total. The van der Waals surface area contributed by atoms with Gasteiger partial charge in [0.2, 0.25) is 0 Å². The molecule has 0 atom stereocenters. The van der Waals surface area contributed by atoms with Gasteiger partial charge in [0.1, 0.15) is 0 Å². The van der Waals surface area contributed by atoms with E-state index in [0.717, 1.165) is 6.42 Å². The van der Waals surface area contributed by atoms with Crippen molar-refractivity contribution in [1.82, 2.24) is 0 Å². The molecular formula is C22H30Ge. The van der Waals surface area contributed by atoms with Crippen molar-refractivity contribution in [2.45, 2.75) is 49.9 Å². The van der Waals surface area contributed by atoms with Crippen molar-refractivity contribution in [2.75, 3.05) is 0 Å². The number of aryl methyl sites for hydroxylation is 1. The zero-order valence-electron chi connectivity index (χ0n) is 15.1. The standard InChI is InChI=1S/C22H30Ge/c1-5-23(6-2,7-3)18-10-12-20-11-8-9-13-22(20)21-16-14-19(4)15-17-21/h8-11,13-18H,5-7,12H2,1-4H3/b18-10+. The van der Waals surface area contributed by atoms with Gasteiger partial charge in [-0.05, 0) is 0 Å². The molecule has 2 rings (SSSR count). The Labute approximate surface area is 145 Å². The van der Waals surface area contributed by atoms with E-state index in [0.29, 0.717) is 0 Å². The Balaban J connectivity index is 2.23. The Kier molecular flexibility index (Phi) is 6.71. The van der Waals surface area contributed by atoms with Crippen molar-refractivity contribution in [3.8, 4) is 11.1 Å². The molecule has 0 heterocycles. The van der Waals surface area contributed by atoms with Crippen LogP contribution < -0.4 is 0 Å². The minimum atomic E-state index is -1.69. The summed E-state index contributed by atoms with van der Waals surface area (Å²) in [6.45, 7) is 9.30. The van der Waals surface area contributed by atoms with Crippen LogP contribution >= 0.6 is 0 Å². The second-order valence-electron chi connectivity index (χ2n) is 6.55. The van der Waals surface area contributed by atoms with Gasteiger partial charge >= 0.3 is 145 Å². The molecule has 0 radical (unpaired) electrons. The summed E-state index contributed by atoms with van der Waals surface area (Å²) < 4.78 is 0. The third-order valence-corrected chi connectivity index (χ3v) is 16.1. The summed E-state index contributed by atoms with van der Waals surface area (Å²) in [6, 6.07) is 17.7. The topological polar surface area (TPSA) is 0 Å². The summed E-state index contributed by atoms with van der Waals surface area (Å²) >= 11 is -1.69. The van der Waals surface area contributed by atoms with E-state index in [1.54, 1.807) is 0 Å². The molecule has 0 saturated carbocycles. The maximum atomic E-state index is 2.64. The van der Waals surface area contributed by atoms with Crippen molar-refractivity contribution in [1.29, 1.82) is 0 Å². The Morgan fingerprint density at radius 3 is 2.04 bits per heavy atom. The van der Waals surface area contributed by atoms with Crippen LogP contribution in [0.3, 0.4) is 0 Å². The Morgan fingerprint density at radius 1 is 0.826 bits per heavy atom. The fraction of sp³-hybridized carbons (Fsp3) is 0.364. The molecule has 0 bridgehead atoms. The monoisotopic (exact) mass is 368 g/mol. The predicted molar refractivity (Wildman–Crippen MR) is 107 cm³/mol. The molecule has 122 valence electrons. The molecule has 0 N–H and O–H groups in total. The first-order chi connectivity index (χ1) is 11.1. The van der Waals surface area contributed by atoms with E-state index in [1.165, 1.54) is 38.0 Å². The van der Waals surface area contributed by atoms with Gasteiger partial charge in [0.25, 0.3) is 0 Å². The number of rotatable bonds is 7. The van der Waals surface area contributed by atoms with E-state index in [4.69, 9.17) is 0 Å². The normalized spacial score (nSPS) is 12.0. The Hall–Kier alpha value is -1.28. The summed E-state index contributed by atoms with van der Waals surface area (Å²) in [7, 11) is 0. The molecular weight excluding hydrogens is 337 g/mol. The summed E-state index contributed by atoms with van der Waals surface area (Å²) in [5.41, 5.74) is 5.46. The molecule has 23 heavy (non-hydrogen) atoms. The van der Waals surface area contributed by atoms with Gasteiger partial charge < -0.3 is 0 Å². The van der Waals surface area contributed by atoms with Crippen LogP contribution in [0.2, 0.25) is 15.8 Å². The van der Waals surface area contributed by atoms with Crippen molar-refractivity contribution in [3.05, 3.63) is 70.6 Å². The van der Waals surface area contributed by atoms with Crippen LogP contribution in [0.5, 0.6) is 0 Å². The molecule has 0 aliphatic heterocycles. The first kappa shape index (κ1) is 18.1. The second-order valence-corrected chi connectivity index (χ2v) is 17.4. The zero-order chi connectivity index (χ0) is 16.7. The molecule has 0 spiro atoms.